The molecule has 2 aromatic rings. The number of oxime groups is 1. The molecule has 0 aliphatic carbocycles. The lowest BCUT2D eigenvalue weighted by Gasteiger charge is -2.36. The number of thiazole rings is 1. The number of hydrazine groups is 1. The Morgan fingerprint density at radius 1 is 1.15 bits per heavy atom. The minimum absolute atomic E-state index is 0.0383. The number of imide groups is 1. The molecular formula is C23H25N9O12S2. The van der Waals surface area contributed by atoms with Gasteiger partial charge >= 0.3 is 28.2 Å². The molecule has 0 bridgehead atoms. The van der Waals surface area contributed by atoms with Gasteiger partial charge in [0.15, 0.2) is 22.3 Å². The summed E-state index contributed by atoms with van der Waals surface area (Å²) in [6.45, 7) is 0.992. The number of carboxylic acids is 1. The van der Waals surface area contributed by atoms with Gasteiger partial charge in [0.1, 0.15) is 11.7 Å². The molecule has 0 saturated carbocycles. The number of aromatic nitrogens is 1. The molecule has 2 saturated heterocycles. The summed E-state index contributed by atoms with van der Waals surface area (Å²) in [5, 5.41) is 36.0. The number of β-lactam (4-membered cyclic amide) rings is 1. The number of nitrogens with zero attached hydrogens (tertiary/aromatic N) is 5. The zero-order chi connectivity index (χ0) is 34.1. The van der Waals surface area contributed by atoms with E-state index in [0.717, 1.165) is 43.4 Å². The Hall–Kier alpha value is -5.71. The number of hydrogen-bond donors (Lipinski definition) is 7. The number of likely N-dealkylation sites (tertiary alicyclic amines) is 1. The summed E-state index contributed by atoms with van der Waals surface area (Å²) in [6, 6.07) is -0.964. The van der Waals surface area contributed by atoms with E-state index in [1.165, 1.54) is 5.38 Å². The lowest BCUT2D eigenvalue weighted by molar-refractivity contribution is -0.161. The highest BCUT2D eigenvalue weighted by molar-refractivity contribution is 7.88. The van der Waals surface area contributed by atoms with Gasteiger partial charge < -0.3 is 31.2 Å². The molecule has 2 fully saturated rings. The minimum Gasteiger partial charge on any atom is -0.504 e. The number of amides is 7. The highest BCUT2D eigenvalue weighted by Crippen LogP contribution is 2.25. The van der Waals surface area contributed by atoms with Crippen molar-refractivity contribution in [3.63, 3.8) is 0 Å². The molecule has 0 radical (unpaired) electrons. The Morgan fingerprint density at radius 3 is 2.43 bits per heavy atom. The third-order valence-corrected chi connectivity index (χ3v) is 8.32. The molecule has 1 aromatic carbocycles. The number of phenols is 2. The quantitative estimate of drug-likeness (QED) is 0.0622. The van der Waals surface area contributed by atoms with Crippen LogP contribution in [-0.2, 0) is 29.4 Å². The number of aromatic hydroxyl groups is 2. The van der Waals surface area contributed by atoms with Crippen LogP contribution < -0.4 is 21.2 Å². The van der Waals surface area contributed by atoms with Gasteiger partial charge in [-0.05, 0) is 32.0 Å². The van der Waals surface area contributed by atoms with Gasteiger partial charge in [-0.15, -0.1) is 11.3 Å². The van der Waals surface area contributed by atoms with E-state index >= 15 is 0 Å². The molecule has 23 heteroatoms. The van der Waals surface area contributed by atoms with Crippen LogP contribution in [0.3, 0.4) is 0 Å². The summed E-state index contributed by atoms with van der Waals surface area (Å²) in [5.41, 5.74) is 5.08. The standard InChI is InChI=1S/C23H25N9O12S2/c1-23(2,19(38)39)44-28-15(12-9-45-20(24)26-12)17(36)25-11-8-30(18(11)37)21(40)29-46(42,43)32-6-5-31(22(32)41)27-16(35)10-3-4-13(33)14(34)7-10/h3-4,7,9,11,33-34H,5-6,8H2,1-2H3,(H2,24,26)(H,25,36)(H,27,35)(H,29,40)(H,38,39). The maximum Gasteiger partial charge on any atom is 0.353 e. The summed E-state index contributed by atoms with van der Waals surface area (Å²) in [4.78, 5) is 83.9. The van der Waals surface area contributed by atoms with E-state index in [9.17, 15) is 52.5 Å². The van der Waals surface area contributed by atoms with Gasteiger partial charge in [0.2, 0.25) is 5.60 Å². The van der Waals surface area contributed by atoms with E-state index in [-0.39, 0.29) is 27.2 Å². The van der Waals surface area contributed by atoms with E-state index < -0.39 is 87.9 Å². The molecule has 1 aromatic heterocycles. The molecular weight excluding hydrogens is 658 g/mol. The number of benzene rings is 1. The Labute approximate surface area is 262 Å². The van der Waals surface area contributed by atoms with Gasteiger partial charge in [-0.1, -0.05) is 5.16 Å². The van der Waals surface area contributed by atoms with Crippen molar-refractivity contribution in [2.45, 2.75) is 25.5 Å². The SMILES string of the molecule is CC(C)(ON=C(C(=O)NC1CN(C(=O)NS(=O)(=O)N2CCN(NC(=O)c3ccc(O)c(O)c3)C2=O)C1=O)c1csc(N)n1)C(=O)O. The van der Waals surface area contributed by atoms with Crippen LogP contribution in [-0.4, -0.2) is 116 Å². The normalized spacial score (nSPS) is 17.0. The fraction of sp³-hybridized carbons (Fsp3) is 0.304. The number of rotatable bonds is 10. The lowest BCUT2D eigenvalue weighted by Crippen LogP contribution is -2.68. The van der Waals surface area contributed by atoms with Crippen LogP contribution in [0.25, 0.3) is 0 Å². The second kappa shape index (κ2) is 12.4. The average molecular weight is 684 g/mol. The van der Waals surface area contributed by atoms with Crippen LogP contribution in [0.1, 0.15) is 29.9 Å². The van der Waals surface area contributed by atoms with E-state index in [1.54, 1.807) is 4.72 Å². The topological polar surface area (TPSA) is 304 Å². The fourth-order valence-electron chi connectivity index (χ4n) is 3.66. The first kappa shape index (κ1) is 33.2. The number of carbonyl (C=O) groups is 6. The molecule has 4 rings (SSSR count). The van der Waals surface area contributed by atoms with Crippen molar-refractivity contribution in [2.24, 2.45) is 5.16 Å². The first-order valence-electron chi connectivity index (χ1n) is 12.7. The zero-order valence-corrected chi connectivity index (χ0v) is 25.3. The molecule has 246 valence electrons. The van der Waals surface area contributed by atoms with Crippen molar-refractivity contribution in [3.05, 3.63) is 34.8 Å². The molecule has 8 N–H and O–H groups in total. The molecule has 2 aliphatic heterocycles. The zero-order valence-electron chi connectivity index (χ0n) is 23.7. The Kier molecular flexibility index (Phi) is 8.91. The number of nitrogens with one attached hydrogen (secondary N) is 3. The minimum atomic E-state index is -4.88. The number of carbonyl (C=O) groups excluding carboxylic acids is 5. The van der Waals surface area contributed by atoms with Crippen LogP contribution in [0.2, 0.25) is 0 Å². The average Bonchev–Trinajstić information content (AvgIpc) is 3.56. The number of nitrogen functional groups attached to an aromatic ring is 1. The largest absolute Gasteiger partial charge is 0.504 e. The van der Waals surface area contributed by atoms with Gasteiger partial charge in [-0.25, -0.2) is 33.4 Å². The van der Waals surface area contributed by atoms with Crippen molar-refractivity contribution in [2.75, 3.05) is 25.4 Å². The van der Waals surface area contributed by atoms with Crippen molar-refractivity contribution in [3.8, 4) is 11.5 Å². The first-order valence-corrected chi connectivity index (χ1v) is 15.1. The molecule has 1 unspecified atom stereocenters. The maximum absolute atomic E-state index is 12.9. The number of hydrogen-bond acceptors (Lipinski definition) is 15. The van der Waals surface area contributed by atoms with Crippen LogP contribution in [0.4, 0.5) is 14.7 Å². The smallest absolute Gasteiger partial charge is 0.353 e. The number of anilines is 1. The maximum atomic E-state index is 12.9. The second-order valence-corrected chi connectivity index (χ2v) is 12.4. The van der Waals surface area contributed by atoms with E-state index in [0.29, 0.717) is 9.91 Å². The Morgan fingerprint density at radius 2 is 1.85 bits per heavy atom. The summed E-state index contributed by atoms with van der Waals surface area (Å²) < 4.78 is 27.3. The van der Waals surface area contributed by atoms with Gasteiger partial charge in [0.25, 0.3) is 17.7 Å². The van der Waals surface area contributed by atoms with Gasteiger partial charge in [-0.3, -0.25) is 24.7 Å². The highest BCUT2D eigenvalue weighted by atomic mass is 32.2. The third kappa shape index (κ3) is 6.83. The van der Waals surface area contributed by atoms with E-state index in [1.807, 2.05) is 0 Å². The third-order valence-electron chi connectivity index (χ3n) is 6.29. The van der Waals surface area contributed by atoms with Crippen LogP contribution in [0, 0.1) is 0 Å². The summed E-state index contributed by atoms with van der Waals surface area (Å²) >= 11 is 0.932. The van der Waals surface area contributed by atoms with E-state index in [4.69, 9.17) is 10.6 Å². The summed E-state index contributed by atoms with van der Waals surface area (Å²) in [7, 11) is -4.88. The first-order chi connectivity index (χ1) is 21.4. The molecule has 46 heavy (non-hydrogen) atoms. The molecule has 2 aliphatic rings. The highest BCUT2D eigenvalue weighted by Gasteiger charge is 2.46. The molecule has 3 heterocycles. The van der Waals surface area contributed by atoms with Gasteiger partial charge in [0, 0.05) is 10.9 Å². The van der Waals surface area contributed by atoms with Crippen molar-refractivity contribution in [1.82, 2.24) is 34.7 Å². The number of nitrogens with two attached hydrogens (primary N) is 1. The molecule has 0 spiro atoms. The number of carboxylic acid groups (broad SMARTS) is 1. The second-order valence-electron chi connectivity index (χ2n) is 9.96. The fourth-order valence-corrected chi connectivity index (χ4v) is 5.27. The molecule has 1 atom stereocenters. The predicted molar refractivity (Wildman–Crippen MR) is 153 cm³/mol. The lowest BCUT2D eigenvalue weighted by atomic mass is 10.1. The number of urea groups is 2. The molecule has 21 nitrogen and oxygen atoms in total. The van der Waals surface area contributed by atoms with Crippen molar-refractivity contribution < 1.29 is 57.3 Å². The number of phenolic OH excluding ortho intramolecular Hbond substituents is 2. The van der Waals surface area contributed by atoms with Crippen molar-refractivity contribution >= 4 is 68.1 Å². The van der Waals surface area contributed by atoms with Gasteiger partial charge in [0.05, 0.1) is 19.6 Å². The van der Waals surface area contributed by atoms with Crippen LogP contribution >= 0.6 is 11.3 Å². The van der Waals surface area contributed by atoms with Crippen molar-refractivity contribution in [1.29, 1.82) is 0 Å². The Balaban J connectivity index is 1.35. The van der Waals surface area contributed by atoms with Crippen LogP contribution in [0.15, 0.2) is 28.7 Å². The predicted octanol–water partition coefficient (Wildman–Crippen LogP) is -1.92. The summed E-state index contributed by atoms with van der Waals surface area (Å²) in [5.74, 6) is -5.52. The number of aliphatic carboxylic acids is 1. The monoisotopic (exact) mass is 683 g/mol. The molecule has 7 amide bonds. The van der Waals surface area contributed by atoms with Gasteiger partial charge in [-0.2, -0.15) is 8.42 Å². The summed E-state index contributed by atoms with van der Waals surface area (Å²) in [6.07, 6.45) is 0. The van der Waals surface area contributed by atoms with Crippen LogP contribution in [0.5, 0.6) is 11.5 Å². The Bertz CT molecular complexity index is 1770. The van der Waals surface area contributed by atoms with E-state index in [2.05, 4.69) is 20.9 Å².